The van der Waals surface area contributed by atoms with Crippen molar-refractivity contribution in [3.63, 3.8) is 0 Å². The first kappa shape index (κ1) is 14.4. The van der Waals surface area contributed by atoms with E-state index in [1.165, 1.54) is 0 Å². The van der Waals surface area contributed by atoms with Crippen molar-refractivity contribution in [3.05, 3.63) is 72.5 Å². The zero-order chi connectivity index (χ0) is 14.2. The average Bonchev–Trinajstić information content (AvgIpc) is 2.49. The lowest BCUT2D eigenvalue weighted by molar-refractivity contribution is 0.482. The number of thioether (sulfide) groups is 1. The third-order valence-corrected chi connectivity index (χ3v) is 3.36. The molecule has 0 bridgehead atoms. The average molecular weight is 283 g/mol. The van der Waals surface area contributed by atoms with Gasteiger partial charge in [-0.3, -0.25) is 0 Å². The van der Waals surface area contributed by atoms with E-state index in [9.17, 15) is 0 Å². The van der Waals surface area contributed by atoms with Gasteiger partial charge >= 0.3 is 0 Å². The number of aliphatic imine (C=N–C) groups is 1. The van der Waals surface area contributed by atoms with Crippen LogP contribution in [0.5, 0.6) is 5.75 Å². The summed E-state index contributed by atoms with van der Waals surface area (Å²) in [6, 6.07) is 17.8. The Labute approximate surface area is 124 Å². The van der Waals surface area contributed by atoms with Crippen LogP contribution in [-0.4, -0.2) is 11.3 Å². The number of aryl methyl sites for hydroxylation is 1. The highest BCUT2D eigenvalue weighted by atomic mass is 32.2. The van der Waals surface area contributed by atoms with E-state index in [0.717, 1.165) is 22.0 Å². The van der Waals surface area contributed by atoms with Gasteiger partial charge in [-0.25, -0.2) is 4.99 Å². The molecule has 0 N–H and O–H groups in total. The van der Waals surface area contributed by atoms with E-state index in [4.69, 9.17) is 4.74 Å². The van der Waals surface area contributed by atoms with Crippen LogP contribution < -0.4 is 4.74 Å². The first-order chi connectivity index (χ1) is 9.79. The van der Waals surface area contributed by atoms with Crippen molar-refractivity contribution in [2.24, 2.45) is 4.99 Å². The Balaban J connectivity index is 2.07. The minimum absolute atomic E-state index is 0.820. The standard InChI is InChI=1S/C17H17NOS/c1-14-8-6-7-11-16(14)18-17(20-2)12-13-19-15-9-4-3-5-10-15/h3-13H,1-2H3. The summed E-state index contributed by atoms with van der Waals surface area (Å²) in [5.74, 6) is 0.820. The molecule has 0 heterocycles. The fraction of sp³-hybridized carbons (Fsp3) is 0.118. The van der Waals surface area contributed by atoms with Crippen LogP contribution in [0.25, 0.3) is 0 Å². The van der Waals surface area contributed by atoms with Crippen LogP contribution in [0, 0.1) is 6.92 Å². The van der Waals surface area contributed by atoms with Crippen LogP contribution in [-0.2, 0) is 0 Å². The van der Waals surface area contributed by atoms with Crippen molar-refractivity contribution in [2.75, 3.05) is 6.26 Å². The first-order valence-electron chi connectivity index (χ1n) is 6.36. The molecule has 0 radical (unpaired) electrons. The summed E-state index contributed by atoms with van der Waals surface area (Å²) in [7, 11) is 0. The summed E-state index contributed by atoms with van der Waals surface area (Å²) < 4.78 is 5.53. The minimum Gasteiger partial charge on any atom is -0.465 e. The van der Waals surface area contributed by atoms with Crippen molar-refractivity contribution in [2.45, 2.75) is 6.92 Å². The van der Waals surface area contributed by atoms with Crippen molar-refractivity contribution >= 4 is 22.5 Å². The van der Waals surface area contributed by atoms with Crippen LogP contribution in [0.4, 0.5) is 5.69 Å². The third kappa shape index (κ3) is 4.28. The lowest BCUT2D eigenvalue weighted by atomic mass is 10.2. The second kappa shape index (κ2) is 7.56. The van der Waals surface area contributed by atoms with E-state index < -0.39 is 0 Å². The molecular weight excluding hydrogens is 266 g/mol. The van der Waals surface area contributed by atoms with E-state index in [0.29, 0.717) is 0 Å². The van der Waals surface area contributed by atoms with Crippen LogP contribution in [0.15, 0.2) is 71.9 Å². The van der Waals surface area contributed by atoms with Gasteiger partial charge in [-0.2, -0.15) is 0 Å². The summed E-state index contributed by atoms with van der Waals surface area (Å²) in [4.78, 5) is 4.62. The summed E-state index contributed by atoms with van der Waals surface area (Å²) in [6.07, 6.45) is 5.55. The van der Waals surface area contributed by atoms with E-state index >= 15 is 0 Å². The minimum atomic E-state index is 0.820. The quantitative estimate of drug-likeness (QED) is 0.448. The smallest absolute Gasteiger partial charge is 0.126 e. The highest BCUT2D eigenvalue weighted by molar-refractivity contribution is 8.13. The van der Waals surface area contributed by atoms with Gasteiger partial charge in [0.05, 0.1) is 17.0 Å². The topological polar surface area (TPSA) is 21.6 Å². The molecule has 0 saturated heterocycles. The van der Waals surface area contributed by atoms with Gasteiger partial charge in [0.15, 0.2) is 0 Å². The van der Waals surface area contributed by atoms with E-state index in [-0.39, 0.29) is 0 Å². The summed E-state index contributed by atoms with van der Waals surface area (Å²) in [5.41, 5.74) is 2.15. The highest BCUT2D eigenvalue weighted by Gasteiger charge is 1.97. The number of rotatable bonds is 4. The fourth-order valence-corrected chi connectivity index (χ4v) is 2.01. The number of ether oxygens (including phenoxy) is 1. The van der Waals surface area contributed by atoms with Gasteiger partial charge in [-0.05, 0) is 36.9 Å². The lowest BCUT2D eigenvalue weighted by Gasteiger charge is -2.02. The van der Waals surface area contributed by atoms with Gasteiger partial charge in [-0.1, -0.05) is 36.4 Å². The molecule has 0 amide bonds. The second-order valence-electron chi connectivity index (χ2n) is 4.17. The second-order valence-corrected chi connectivity index (χ2v) is 5.00. The zero-order valence-electron chi connectivity index (χ0n) is 11.6. The molecule has 2 rings (SSSR count). The van der Waals surface area contributed by atoms with Crippen LogP contribution in [0.1, 0.15) is 5.56 Å². The highest BCUT2D eigenvalue weighted by Crippen LogP contribution is 2.19. The number of hydrogen-bond donors (Lipinski definition) is 0. The maximum absolute atomic E-state index is 5.53. The Kier molecular flexibility index (Phi) is 5.44. The van der Waals surface area contributed by atoms with Crippen molar-refractivity contribution in [1.29, 1.82) is 0 Å². The molecule has 0 aliphatic carbocycles. The molecule has 0 aliphatic rings. The van der Waals surface area contributed by atoms with Gasteiger partial charge in [-0.15, -0.1) is 11.8 Å². The van der Waals surface area contributed by atoms with Gasteiger partial charge in [0.2, 0.25) is 0 Å². The number of benzene rings is 2. The van der Waals surface area contributed by atoms with Gasteiger partial charge in [0.1, 0.15) is 5.75 Å². The Bertz CT molecular complexity index is 605. The third-order valence-electron chi connectivity index (χ3n) is 2.71. The van der Waals surface area contributed by atoms with E-state index in [2.05, 4.69) is 18.0 Å². The zero-order valence-corrected chi connectivity index (χ0v) is 12.4. The molecule has 102 valence electrons. The van der Waals surface area contributed by atoms with Crippen LogP contribution in [0.2, 0.25) is 0 Å². The van der Waals surface area contributed by atoms with Crippen molar-refractivity contribution in [3.8, 4) is 5.75 Å². The van der Waals surface area contributed by atoms with E-state index in [1.807, 2.05) is 60.9 Å². The maximum Gasteiger partial charge on any atom is 0.126 e. The molecule has 0 spiro atoms. The molecule has 0 aliphatic heterocycles. The molecular formula is C17H17NOS. The Hall–Kier alpha value is -2.00. The van der Waals surface area contributed by atoms with Gasteiger partial charge in [0, 0.05) is 6.08 Å². The largest absolute Gasteiger partial charge is 0.465 e. The number of hydrogen-bond acceptors (Lipinski definition) is 3. The predicted octanol–water partition coefficient (Wildman–Crippen LogP) is 4.98. The van der Waals surface area contributed by atoms with Gasteiger partial charge in [0.25, 0.3) is 0 Å². The molecule has 0 atom stereocenters. The molecule has 20 heavy (non-hydrogen) atoms. The van der Waals surface area contributed by atoms with Crippen LogP contribution >= 0.6 is 11.8 Å². The normalized spacial score (nSPS) is 11.8. The predicted molar refractivity (Wildman–Crippen MR) is 88.0 cm³/mol. The fourth-order valence-electron chi connectivity index (χ4n) is 1.63. The molecule has 2 aromatic rings. The number of nitrogens with zero attached hydrogens (tertiary/aromatic N) is 1. The molecule has 0 aromatic heterocycles. The first-order valence-corrected chi connectivity index (χ1v) is 7.58. The van der Waals surface area contributed by atoms with Crippen LogP contribution in [0.3, 0.4) is 0 Å². The molecule has 2 aromatic carbocycles. The SMILES string of the molecule is CSC(C=COc1ccccc1)=Nc1ccccc1C. The molecule has 2 nitrogen and oxygen atoms in total. The maximum atomic E-state index is 5.53. The monoisotopic (exact) mass is 283 g/mol. The molecule has 0 fully saturated rings. The number of para-hydroxylation sites is 2. The van der Waals surface area contributed by atoms with Gasteiger partial charge < -0.3 is 4.74 Å². The van der Waals surface area contributed by atoms with Crippen molar-refractivity contribution in [1.82, 2.24) is 0 Å². The Morgan fingerprint density at radius 3 is 2.45 bits per heavy atom. The lowest BCUT2D eigenvalue weighted by Crippen LogP contribution is -1.88. The van der Waals surface area contributed by atoms with E-state index in [1.54, 1.807) is 18.0 Å². The van der Waals surface area contributed by atoms with Crippen molar-refractivity contribution < 1.29 is 4.74 Å². The molecule has 0 saturated carbocycles. The molecule has 3 heteroatoms. The summed E-state index contributed by atoms with van der Waals surface area (Å²) in [5, 5.41) is 0.912. The Morgan fingerprint density at radius 1 is 1.05 bits per heavy atom. The summed E-state index contributed by atoms with van der Waals surface area (Å²) >= 11 is 1.59. The Morgan fingerprint density at radius 2 is 1.75 bits per heavy atom. The summed E-state index contributed by atoms with van der Waals surface area (Å²) in [6.45, 7) is 2.06. The molecule has 0 unspecified atom stereocenters.